The first-order chi connectivity index (χ1) is 8.01. The number of carbonyl (C=O) groups excluding carboxylic acids is 1. The van der Waals surface area contributed by atoms with Crippen molar-refractivity contribution in [2.24, 2.45) is 5.41 Å². The molecule has 2 heteroatoms. The first-order valence-corrected chi connectivity index (χ1v) is 6.40. The Bertz CT molecular complexity index is 431. The third-order valence-corrected chi connectivity index (χ3v) is 3.89. The van der Waals surface area contributed by atoms with E-state index in [2.05, 4.69) is 25.2 Å². The first kappa shape index (κ1) is 12.2. The molecule has 1 aliphatic rings. The molecular formula is C15H21NO. The summed E-state index contributed by atoms with van der Waals surface area (Å²) in [5.74, 6) is 0.182. The maximum absolute atomic E-state index is 12.3. The highest BCUT2D eigenvalue weighted by atomic mass is 16.2. The van der Waals surface area contributed by atoms with Crippen molar-refractivity contribution in [3.05, 3.63) is 29.3 Å². The summed E-state index contributed by atoms with van der Waals surface area (Å²) in [6.07, 6.45) is 4.39. The van der Waals surface area contributed by atoms with E-state index in [-0.39, 0.29) is 11.3 Å². The number of carbonyl (C=O) groups is 1. The van der Waals surface area contributed by atoms with Gasteiger partial charge in [0.15, 0.2) is 0 Å². The maximum Gasteiger partial charge on any atom is 0.230 e. The van der Waals surface area contributed by atoms with Gasteiger partial charge in [-0.3, -0.25) is 4.79 Å². The minimum Gasteiger partial charge on any atom is -0.325 e. The predicted octanol–water partition coefficient (Wildman–Crippen LogP) is 3.82. The molecule has 1 aromatic carbocycles. The molecule has 0 atom stereocenters. The number of rotatable bonds is 2. The summed E-state index contributed by atoms with van der Waals surface area (Å²) in [5.41, 5.74) is 3.17. The van der Waals surface area contributed by atoms with E-state index in [1.165, 1.54) is 18.4 Å². The second-order valence-corrected chi connectivity index (χ2v) is 5.54. The van der Waals surface area contributed by atoms with Gasteiger partial charge in [-0.05, 0) is 38.3 Å². The molecule has 92 valence electrons. The highest BCUT2D eigenvalue weighted by Crippen LogP contribution is 2.38. The van der Waals surface area contributed by atoms with Gasteiger partial charge in [0.1, 0.15) is 0 Å². The zero-order valence-electron chi connectivity index (χ0n) is 11.0. The van der Waals surface area contributed by atoms with E-state index in [1.807, 2.05) is 19.1 Å². The Balaban J connectivity index is 2.13. The van der Waals surface area contributed by atoms with Gasteiger partial charge in [-0.25, -0.2) is 0 Å². The molecule has 0 radical (unpaired) electrons. The Hall–Kier alpha value is -1.31. The Morgan fingerprint density at radius 2 is 1.88 bits per heavy atom. The quantitative estimate of drug-likeness (QED) is 0.823. The van der Waals surface area contributed by atoms with E-state index in [4.69, 9.17) is 0 Å². The minimum atomic E-state index is -0.155. The van der Waals surface area contributed by atoms with E-state index in [0.29, 0.717) is 0 Å². The lowest BCUT2D eigenvalue weighted by Crippen LogP contribution is -2.31. The molecule has 0 saturated heterocycles. The van der Waals surface area contributed by atoms with Crippen LogP contribution in [0.2, 0.25) is 0 Å². The normalized spacial score (nSPS) is 18.1. The van der Waals surface area contributed by atoms with Gasteiger partial charge < -0.3 is 5.32 Å². The molecule has 0 bridgehead atoms. The van der Waals surface area contributed by atoms with Crippen LogP contribution in [-0.4, -0.2) is 5.91 Å². The van der Waals surface area contributed by atoms with Crippen molar-refractivity contribution in [1.82, 2.24) is 0 Å². The lowest BCUT2D eigenvalue weighted by molar-refractivity contribution is -0.124. The molecule has 0 spiro atoms. The fourth-order valence-electron chi connectivity index (χ4n) is 2.61. The van der Waals surface area contributed by atoms with Gasteiger partial charge in [0, 0.05) is 11.1 Å². The number of nitrogens with one attached hydrogen (secondary N) is 1. The van der Waals surface area contributed by atoms with E-state index in [1.54, 1.807) is 0 Å². The van der Waals surface area contributed by atoms with Gasteiger partial charge in [0.05, 0.1) is 0 Å². The van der Waals surface area contributed by atoms with Crippen LogP contribution < -0.4 is 5.32 Å². The third kappa shape index (κ3) is 2.51. The lowest BCUT2D eigenvalue weighted by atomic mass is 9.87. The number of amides is 1. The third-order valence-electron chi connectivity index (χ3n) is 3.89. The molecule has 17 heavy (non-hydrogen) atoms. The van der Waals surface area contributed by atoms with Crippen LogP contribution in [0, 0.1) is 19.3 Å². The molecule has 1 amide bonds. The number of anilines is 1. The molecule has 1 saturated carbocycles. The summed E-state index contributed by atoms with van der Waals surface area (Å²) in [7, 11) is 0. The monoisotopic (exact) mass is 231 g/mol. The second-order valence-electron chi connectivity index (χ2n) is 5.54. The van der Waals surface area contributed by atoms with Gasteiger partial charge in [-0.1, -0.05) is 37.5 Å². The standard InChI is InChI=1S/C15H21NO/c1-11-6-7-13(12(2)10-11)16-14(17)15(3)8-4-5-9-15/h6-7,10H,4-5,8-9H2,1-3H3,(H,16,17). The number of hydrogen-bond donors (Lipinski definition) is 1. The number of aryl methyl sites for hydroxylation is 2. The van der Waals surface area contributed by atoms with Gasteiger partial charge >= 0.3 is 0 Å². The van der Waals surface area contributed by atoms with Crippen LogP contribution in [0.4, 0.5) is 5.69 Å². The molecule has 0 heterocycles. The molecule has 2 nitrogen and oxygen atoms in total. The summed E-state index contributed by atoms with van der Waals surface area (Å²) in [6, 6.07) is 6.15. The minimum absolute atomic E-state index is 0.155. The van der Waals surface area contributed by atoms with Crippen molar-refractivity contribution in [3.8, 4) is 0 Å². The van der Waals surface area contributed by atoms with Crippen LogP contribution in [0.1, 0.15) is 43.7 Å². The Morgan fingerprint density at radius 3 is 2.47 bits per heavy atom. The highest BCUT2D eigenvalue weighted by Gasteiger charge is 2.36. The highest BCUT2D eigenvalue weighted by molar-refractivity contribution is 5.95. The summed E-state index contributed by atoms with van der Waals surface area (Å²) < 4.78 is 0. The molecular weight excluding hydrogens is 210 g/mol. The molecule has 1 fully saturated rings. The van der Waals surface area contributed by atoms with E-state index in [9.17, 15) is 4.79 Å². The SMILES string of the molecule is Cc1ccc(NC(=O)C2(C)CCCC2)c(C)c1. The Morgan fingerprint density at radius 1 is 1.24 bits per heavy atom. The molecule has 0 unspecified atom stereocenters. The molecule has 1 N–H and O–H groups in total. The van der Waals surface area contributed by atoms with E-state index >= 15 is 0 Å². The summed E-state index contributed by atoms with van der Waals surface area (Å²) >= 11 is 0. The topological polar surface area (TPSA) is 29.1 Å². The van der Waals surface area contributed by atoms with Crippen LogP contribution in [0.5, 0.6) is 0 Å². The van der Waals surface area contributed by atoms with E-state index < -0.39 is 0 Å². The summed E-state index contributed by atoms with van der Waals surface area (Å²) in [5, 5.41) is 3.08. The van der Waals surface area contributed by atoms with E-state index in [0.717, 1.165) is 24.1 Å². The maximum atomic E-state index is 12.3. The lowest BCUT2D eigenvalue weighted by Gasteiger charge is -2.23. The fraction of sp³-hybridized carbons (Fsp3) is 0.533. The van der Waals surface area contributed by atoms with Crippen molar-refractivity contribution >= 4 is 11.6 Å². The van der Waals surface area contributed by atoms with Crippen molar-refractivity contribution in [3.63, 3.8) is 0 Å². The predicted molar refractivity (Wildman–Crippen MR) is 71.1 cm³/mol. The van der Waals surface area contributed by atoms with Crippen LogP contribution in [0.15, 0.2) is 18.2 Å². The summed E-state index contributed by atoms with van der Waals surface area (Å²) in [6.45, 7) is 6.19. The fourth-order valence-corrected chi connectivity index (χ4v) is 2.61. The average Bonchev–Trinajstić information content (AvgIpc) is 2.71. The average molecular weight is 231 g/mol. The van der Waals surface area contributed by atoms with Gasteiger partial charge in [-0.15, -0.1) is 0 Å². The second kappa shape index (κ2) is 4.52. The van der Waals surface area contributed by atoms with Crippen molar-refractivity contribution < 1.29 is 4.79 Å². The number of benzene rings is 1. The largest absolute Gasteiger partial charge is 0.325 e. The van der Waals surface area contributed by atoms with Crippen LogP contribution in [0.3, 0.4) is 0 Å². The Labute approximate surface area is 103 Å². The first-order valence-electron chi connectivity index (χ1n) is 6.40. The van der Waals surface area contributed by atoms with Gasteiger partial charge in [0.25, 0.3) is 0 Å². The van der Waals surface area contributed by atoms with Gasteiger partial charge in [0.2, 0.25) is 5.91 Å². The smallest absolute Gasteiger partial charge is 0.230 e. The number of hydrogen-bond acceptors (Lipinski definition) is 1. The molecule has 0 aromatic heterocycles. The van der Waals surface area contributed by atoms with Crippen molar-refractivity contribution in [2.45, 2.75) is 46.5 Å². The van der Waals surface area contributed by atoms with Crippen LogP contribution in [-0.2, 0) is 4.79 Å². The van der Waals surface area contributed by atoms with Crippen molar-refractivity contribution in [1.29, 1.82) is 0 Å². The van der Waals surface area contributed by atoms with Gasteiger partial charge in [-0.2, -0.15) is 0 Å². The molecule has 1 aromatic rings. The zero-order chi connectivity index (χ0) is 12.5. The molecule has 2 rings (SSSR count). The van der Waals surface area contributed by atoms with Crippen molar-refractivity contribution in [2.75, 3.05) is 5.32 Å². The zero-order valence-corrected chi connectivity index (χ0v) is 11.0. The molecule has 1 aliphatic carbocycles. The van der Waals surface area contributed by atoms with Crippen LogP contribution in [0.25, 0.3) is 0 Å². The Kier molecular flexibility index (Phi) is 3.23. The molecule has 0 aliphatic heterocycles. The summed E-state index contributed by atoms with van der Waals surface area (Å²) in [4.78, 5) is 12.3. The van der Waals surface area contributed by atoms with Crippen LogP contribution >= 0.6 is 0 Å².